The topological polar surface area (TPSA) is 111 Å². The van der Waals surface area contributed by atoms with Crippen molar-refractivity contribution in [3.05, 3.63) is 29.3 Å². The number of ether oxygens (including phenoxy) is 1. The van der Waals surface area contributed by atoms with Crippen LogP contribution in [-0.4, -0.2) is 84.6 Å². The van der Waals surface area contributed by atoms with E-state index in [0.29, 0.717) is 75.1 Å². The molecule has 0 aromatic carbocycles. The van der Waals surface area contributed by atoms with Crippen LogP contribution in [0.4, 0.5) is 5.95 Å². The van der Waals surface area contributed by atoms with Crippen LogP contribution in [0.2, 0.25) is 0 Å². The van der Waals surface area contributed by atoms with Crippen LogP contribution in [0.25, 0.3) is 0 Å². The fourth-order valence-corrected chi connectivity index (χ4v) is 5.04. The van der Waals surface area contributed by atoms with Crippen molar-refractivity contribution < 1.29 is 17.9 Å². The van der Waals surface area contributed by atoms with E-state index in [1.807, 2.05) is 16.7 Å². The second kappa shape index (κ2) is 8.54. The van der Waals surface area contributed by atoms with Crippen LogP contribution in [0.5, 0.6) is 0 Å². The van der Waals surface area contributed by atoms with Gasteiger partial charge in [0.05, 0.1) is 36.4 Å². The lowest BCUT2D eigenvalue weighted by Crippen LogP contribution is -2.39. The van der Waals surface area contributed by atoms with Gasteiger partial charge in [0.1, 0.15) is 4.90 Å². The number of aryl methyl sites for hydroxylation is 2. The van der Waals surface area contributed by atoms with E-state index < -0.39 is 9.84 Å². The monoisotopic (exact) mass is 448 g/mol. The SMILES string of the molecule is Cc1nn(C)cc1C(=O)N1CCC(c2nc(N3CCOCC3)ncc2S(C)(=O)=O)CC1. The van der Waals surface area contributed by atoms with Gasteiger partial charge < -0.3 is 14.5 Å². The highest BCUT2D eigenvalue weighted by molar-refractivity contribution is 7.90. The number of hydrogen-bond donors (Lipinski definition) is 0. The summed E-state index contributed by atoms with van der Waals surface area (Å²) < 4.78 is 31.8. The maximum Gasteiger partial charge on any atom is 0.257 e. The molecule has 0 bridgehead atoms. The molecular weight excluding hydrogens is 420 g/mol. The van der Waals surface area contributed by atoms with E-state index in [2.05, 4.69) is 10.1 Å². The molecule has 2 saturated heterocycles. The van der Waals surface area contributed by atoms with Gasteiger partial charge in [0.2, 0.25) is 5.95 Å². The third kappa shape index (κ3) is 4.57. The van der Waals surface area contributed by atoms with Gasteiger partial charge >= 0.3 is 0 Å². The van der Waals surface area contributed by atoms with Gasteiger partial charge in [-0.1, -0.05) is 0 Å². The summed E-state index contributed by atoms with van der Waals surface area (Å²) in [5, 5.41) is 4.25. The number of hydrogen-bond acceptors (Lipinski definition) is 8. The van der Waals surface area contributed by atoms with Crippen LogP contribution in [0.15, 0.2) is 17.3 Å². The fourth-order valence-electron chi connectivity index (χ4n) is 4.20. The molecule has 0 saturated carbocycles. The van der Waals surface area contributed by atoms with E-state index in [9.17, 15) is 13.2 Å². The Balaban J connectivity index is 1.55. The number of likely N-dealkylation sites (tertiary alicyclic amines) is 1. The van der Waals surface area contributed by atoms with Crippen molar-refractivity contribution >= 4 is 21.7 Å². The Labute approximate surface area is 182 Å². The number of piperidine rings is 1. The first kappa shape index (κ1) is 21.7. The molecule has 168 valence electrons. The highest BCUT2D eigenvalue weighted by Gasteiger charge is 2.31. The second-order valence-corrected chi connectivity index (χ2v) is 10.1. The van der Waals surface area contributed by atoms with Crippen molar-refractivity contribution in [3.63, 3.8) is 0 Å². The first-order valence-electron chi connectivity index (χ1n) is 10.4. The zero-order valence-electron chi connectivity index (χ0n) is 18.1. The molecule has 2 aliphatic rings. The van der Waals surface area contributed by atoms with Gasteiger partial charge in [0.15, 0.2) is 9.84 Å². The van der Waals surface area contributed by atoms with Crippen molar-refractivity contribution in [2.24, 2.45) is 7.05 Å². The lowest BCUT2D eigenvalue weighted by Gasteiger charge is -2.33. The molecule has 0 unspecified atom stereocenters. The number of carbonyl (C=O) groups is 1. The molecule has 1 amide bonds. The summed E-state index contributed by atoms with van der Waals surface area (Å²) in [6, 6.07) is 0. The molecule has 2 aromatic rings. The van der Waals surface area contributed by atoms with Gasteiger partial charge in [-0.05, 0) is 19.8 Å². The van der Waals surface area contributed by atoms with E-state index >= 15 is 0 Å². The van der Waals surface area contributed by atoms with E-state index in [1.54, 1.807) is 17.9 Å². The molecule has 4 rings (SSSR count). The van der Waals surface area contributed by atoms with E-state index in [1.165, 1.54) is 12.5 Å². The van der Waals surface area contributed by atoms with Gasteiger partial charge in [0.25, 0.3) is 5.91 Å². The average molecular weight is 449 g/mol. The van der Waals surface area contributed by atoms with Crippen LogP contribution in [0.1, 0.15) is 40.5 Å². The van der Waals surface area contributed by atoms with Crippen LogP contribution in [-0.2, 0) is 21.6 Å². The predicted octanol–water partition coefficient (Wildman–Crippen LogP) is 0.778. The molecule has 0 aliphatic carbocycles. The second-order valence-electron chi connectivity index (χ2n) is 8.16. The smallest absolute Gasteiger partial charge is 0.257 e. The first-order valence-corrected chi connectivity index (χ1v) is 12.3. The average Bonchev–Trinajstić information content (AvgIpc) is 3.11. The zero-order chi connectivity index (χ0) is 22.2. The van der Waals surface area contributed by atoms with Crippen LogP contribution < -0.4 is 4.90 Å². The zero-order valence-corrected chi connectivity index (χ0v) is 18.9. The summed E-state index contributed by atoms with van der Waals surface area (Å²) in [5.74, 6) is 0.450. The molecular formula is C20H28N6O4S. The summed E-state index contributed by atoms with van der Waals surface area (Å²) >= 11 is 0. The van der Waals surface area contributed by atoms with Gasteiger partial charge in [-0.3, -0.25) is 9.48 Å². The minimum absolute atomic E-state index is 0.0379. The Hall–Kier alpha value is -2.53. The van der Waals surface area contributed by atoms with Crippen LogP contribution >= 0.6 is 0 Å². The lowest BCUT2D eigenvalue weighted by atomic mass is 9.93. The Kier molecular flexibility index (Phi) is 5.98. The van der Waals surface area contributed by atoms with Crippen LogP contribution in [0.3, 0.4) is 0 Å². The number of amides is 1. The Morgan fingerprint density at radius 1 is 1.16 bits per heavy atom. The van der Waals surface area contributed by atoms with Gasteiger partial charge in [-0.25, -0.2) is 18.4 Å². The summed E-state index contributed by atoms with van der Waals surface area (Å²) in [6.45, 7) is 5.45. The number of sulfone groups is 1. The number of carbonyl (C=O) groups excluding carboxylic acids is 1. The molecule has 2 aliphatic heterocycles. The fraction of sp³-hybridized carbons (Fsp3) is 0.600. The molecule has 2 aromatic heterocycles. The van der Waals surface area contributed by atoms with Crippen molar-refractivity contribution in [2.45, 2.75) is 30.6 Å². The summed E-state index contributed by atoms with van der Waals surface area (Å²) in [4.78, 5) is 25.9. The maximum atomic E-state index is 12.9. The van der Waals surface area contributed by atoms with Crippen molar-refractivity contribution in [1.29, 1.82) is 0 Å². The molecule has 31 heavy (non-hydrogen) atoms. The molecule has 4 heterocycles. The molecule has 0 radical (unpaired) electrons. The number of rotatable bonds is 4. The summed E-state index contributed by atoms with van der Waals surface area (Å²) in [5.41, 5.74) is 1.87. The largest absolute Gasteiger partial charge is 0.378 e. The summed E-state index contributed by atoms with van der Waals surface area (Å²) in [7, 11) is -1.67. The van der Waals surface area contributed by atoms with Gasteiger partial charge in [-0.2, -0.15) is 5.10 Å². The van der Waals surface area contributed by atoms with Gasteiger partial charge in [-0.15, -0.1) is 0 Å². The summed E-state index contributed by atoms with van der Waals surface area (Å²) in [6.07, 6.45) is 5.65. The molecule has 0 spiro atoms. The third-order valence-electron chi connectivity index (χ3n) is 5.88. The number of aromatic nitrogens is 4. The highest BCUT2D eigenvalue weighted by atomic mass is 32.2. The van der Waals surface area contributed by atoms with E-state index in [0.717, 1.165) is 0 Å². The van der Waals surface area contributed by atoms with E-state index in [-0.39, 0.29) is 16.7 Å². The maximum absolute atomic E-state index is 12.9. The Morgan fingerprint density at radius 3 is 2.42 bits per heavy atom. The molecule has 2 fully saturated rings. The third-order valence-corrected chi connectivity index (χ3v) is 6.99. The van der Waals surface area contributed by atoms with Crippen LogP contribution in [0, 0.1) is 6.92 Å². The first-order chi connectivity index (χ1) is 14.7. The molecule has 11 heteroatoms. The standard InChI is InChI=1S/C20H28N6O4S/c1-14-16(13-24(2)23-14)19(27)25-6-4-15(5-7-25)18-17(31(3,28)29)12-21-20(22-18)26-8-10-30-11-9-26/h12-13,15H,4-11H2,1-3H3. The minimum atomic E-state index is -3.47. The molecule has 0 atom stereocenters. The number of anilines is 1. The normalized spacial score (nSPS) is 18.4. The molecule has 10 nitrogen and oxygen atoms in total. The van der Waals surface area contributed by atoms with Crippen molar-refractivity contribution in [3.8, 4) is 0 Å². The lowest BCUT2D eigenvalue weighted by molar-refractivity contribution is 0.0710. The minimum Gasteiger partial charge on any atom is -0.378 e. The predicted molar refractivity (Wildman–Crippen MR) is 114 cm³/mol. The molecule has 0 N–H and O–H groups in total. The Morgan fingerprint density at radius 2 is 1.84 bits per heavy atom. The van der Waals surface area contributed by atoms with E-state index in [4.69, 9.17) is 9.72 Å². The van der Waals surface area contributed by atoms with Crippen molar-refractivity contribution in [1.82, 2.24) is 24.6 Å². The van der Waals surface area contributed by atoms with Gasteiger partial charge in [0, 0.05) is 51.6 Å². The highest BCUT2D eigenvalue weighted by Crippen LogP contribution is 2.32. The quantitative estimate of drug-likeness (QED) is 0.675. The Bertz CT molecular complexity index is 1070. The number of morpholine rings is 1. The number of nitrogens with zero attached hydrogens (tertiary/aromatic N) is 6. The van der Waals surface area contributed by atoms with Crippen molar-refractivity contribution in [2.75, 3.05) is 50.5 Å².